The van der Waals surface area contributed by atoms with E-state index in [9.17, 15) is 4.79 Å². The molecule has 0 radical (unpaired) electrons. The van der Waals surface area contributed by atoms with Gasteiger partial charge in [-0.2, -0.15) is 0 Å². The molecule has 0 atom stereocenters. The van der Waals surface area contributed by atoms with Gasteiger partial charge >= 0.3 is 0 Å². The molecule has 0 aliphatic carbocycles. The zero-order chi connectivity index (χ0) is 15.4. The van der Waals surface area contributed by atoms with E-state index in [0.29, 0.717) is 11.4 Å². The highest BCUT2D eigenvalue weighted by Crippen LogP contribution is 2.20. The lowest BCUT2D eigenvalue weighted by atomic mass is 10.1. The molecule has 5 heteroatoms. The molecule has 0 aliphatic heterocycles. The third-order valence-electron chi connectivity index (χ3n) is 2.92. The Morgan fingerprint density at radius 1 is 1.38 bits per heavy atom. The molecule has 0 spiro atoms. The minimum Gasteiger partial charge on any atom is -0.321 e. The second-order valence-corrected chi connectivity index (χ2v) is 5.84. The maximum Gasteiger partial charge on any atom is 0.267 e. The zero-order valence-corrected chi connectivity index (χ0v) is 13.1. The first-order chi connectivity index (χ1) is 10.0. The van der Waals surface area contributed by atoms with Crippen LogP contribution in [0.2, 0.25) is 0 Å². The van der Waals surface area contributed by atoms with Gasteiger partial charge in [0.2, 0.25) is 0 Å². The Morgan fingerprint density at radius 3 is 2.71 bits per heavy atom. The van der Waals surface area contributed by atoms with Crippen LogP contribution in [0.15, 0.2) is 18.2 Å². The van der Waals surface area contributed by atoms with Gasteiger partial charge in [-0.3, -0.25) is 4.79 Å². The molecule has 0 saturated carbocycles. The lowest BCUT2D eigenvalue weighted by Crippen LogP contribution is -2.11. The summed E-state index contributed by atoms with van der Waals surface area (Å²) in [5, 5.41) is 3.79. The molecular formula is C16H17N3OS. The molecule has 1 aromatic heterocycles. The van der Waals surface area contributed by atoms with Crippen LogP contribution in [0.1, 0.15) is 31.5 Å². The van der Waals surface area contributed by atoms with E-state index >= 15 is 0 Å². The fourth-order valence-corrected chi connectivity index (χ4v) is 2.77. The highest BCUT2D eigenvalue weighted by atomic mass is 32.1. The zero-order valence-electron chi connectivity index (χ0n) is 12.3. The topological polar surface area (TPSA) is 68.0 Å². The van der Waals surface area contributed by atoms with Gasteiger partial charge < -0.3 is 11.1 Å². The third kappa shape index (κ3) is 3.69. The summed E-state index contributed by atoms with van der Waals surface area (Å²) in [4.78, 5) is 17.1. The van der Waals surface area contributed by atoms with Crippen LogP contribution < -0.4 is 11.1 Å². The summed E-state index contributed by atoms with van der Waals surface area (Å²) in [5.41, 5.74) is 8.81. The van der Waals surface area contributed by atoms with Crippen LogP contribution in [0.25, 0.3) is 0 Å². The minimum absolute atomic E-state index is 0.127. The van der Waals surface area contributed by atoms with Gasteiger partial charge in [0.25, 0.3) is 5.91 Å². The number of rotatable bonds is 2. The molecule has 0 unspecified atom stereocenters. The van der Waals surface area contributed by atoms with E-state index in [2.05, 4.69) is 22.1 Å². The van der Waals surface area contributed by atoms with Crippen LogP contribution in [0.4, 0.5) is 5.69 Å². The number of nitrogens with zero attached hydrogens (tertiary/aromatic N) is 1. The van der Waals surface area contributed by atoms with Crippen molar-refractivity contribution in [1.29, 1.82) is 0 Å². The minimum atomic E-state index is -0.127. The first kappa shape index (κ1) is 15.2. The molecule has 2 rings (SSSR count). The Hall–Kier alpha value is -2.16. The van der Waals surface area contributed by atoms with Crippen LogP contribution in [0, 0.1) is 32.6 Å². The van der Waals surface area contributed by atoms with Crippen molar-refractivity contribution in [2.24, 2.45) is 5.73 Å². The Bertz CT molecular complexity index is 738. The normalized spacial score (nSPS) is 9.90. The van der Waals surface area contributed by atoms with Gasteiger partial charge in [0, 0.05) is 11.3 Å². The number of aromatic nitrogens is 1. The summed E-state index contributed by atoms with van der Waals surface area (Å²) in [7, 11) is 0. The smallest absolute Gasteiger partial charge is 0.267 e. The Kier molecular flexibility index (Phi) is 4.73. The second-order valence-electron chi connectivity index (χ2n) is 4.64. The Balaban J connectivity index is 2.18. The summed E-state index contributed by atoms with van der Waals surface area (Å²) < 4.78 is 0. The van der Waals surface area contributed by atoms with Crippen molar-refractivity contribution in [2.45, 2.75) is 20.8 Å². The van der Waals surface area contributed by atoms with E-state index in [-0.39, 0.29) is 5.91 Å². The Labute approximate surface area is 128 Å². The van der Waals surface area contributed by atoms with Crippen molar-refractivity contribution < 1.29 is 4.79 Å². The highest BCUT2D eigenvalue weighted by molar-refractivity contribution is 7.13. The quantitative estimate of drug-likeness (QED) is 0.838. The number of nitrogens with one attached hydrogen (secondary N) is 1. The SMILES string of the molecule is Cc1nc(C)c(C(=O)Nc2ccc(C#CCN)c(C)c2)s1. The monoisotopic (exact) mass is 299 g/mol. The van der Waals surface area contributed by atoms with Gasteiger partial charge in [-0.1, -0.05) is 11.8 Å². The number of amides is 1. The number of hydrogen-bond donors (Lipinski definition) is 2. The van der Waals surface area contributed by atoms with Crippen molar-refractivity contribution in [3.8, 4) is 11.8 Å². The van der Waals surface area contributed by atoms with E-state index in [1.54, 1.807) is 0 Å². The number of carbonyl (C=O) groups is 1. The molecule has 108 valence electrons. The summed E-state index contributed by atoms with van der Waals surface area (Å²) in [5.74, 6) is 5.70. The van der Waals surface area contributed by atoms with Crippen LogP contribution in [0.3, 0.4) is 0 Å². The summed E-state index contributed by atoms with van der Waals surface area (Å²) in [6.45, 7) is 6.03. The number of benzene rings is 1. The van der Waals surface area contributed by atoms with Gasteiger partial charge in [-0.25, -0.2) is 4.98 Å². The van der Waals surface area contributed by atoms with Crippen molar-refractivity contribution in [1.82, 2.24) is 4.98 Å². The average molecular weight is 299 g/mol. The van der Waals surface area contributed by atoms with Crippen molar-refractivity contribution in [2.75, 3.05) is 11.9 Å². The van der Waals surface area contributed by atoms with E-state index in [4.69, 9.17) is 5.73 Å². The number of aryl methyl sites for hydroxylation is 3. The fourth-order valence-electron chi connectivity index (χ4n) is 1.96. The van der Waals surface area contributed by atoms with Gasteiger partial charge in [-0.05, 0) is 44.5 Å². The predicted molar refractivity (Wildman–Crippen MR) is 86.7 cm³/mol. The molecule has 2 aromatic rings. The van der Waals surface area contributed by atoms with Crippen molar-refractivity contribution in [3.63, 3.8) is 0 Å². The molecule has 4 nitrogen and oxygen atoms in total. The van der Waals surface area contributed by atoms with Crippen molar-refractivity contribution in [3.05, 3.63) is 44.9 Å². The summed E-state index contributed by atoms with van der Waals surface area (Å²) >= 11 is 1.40. The number of anilines is 1. The van der Waals surface area contributed by atoms with Gasteiger partial charge in [0.1, 0.15) is 4.88 Å². The first-order valence-corrected chi connectivity index (χ1v) is 7.38. The van der Waals surface area contributed by atoms with Crippen LogP contribution >= 0.6 is 11.3 Å². The fraction of sp³-hybridized carbons (Fsp3) is 0.250. The van der Waals surface area contributed by atoms with Crippen LogP contribution in [-0.4, -0.2) is 17.4 Å². The van der Waals surface area contributed by atoms with E-state index < -0.39 is 0 Å². The lowest BCUT2D eigenvalue weighted by Gasteiger charge is -2.06. The number of hydrogen-bond acceptors (Lipinski definition) is 4. The maximum absolute atomic E-state index is 12.2. The number of carbonyl (C=O) groups excluding carboxylic acids is 1. The molecule has 21 heavy (non-hydrogen) atoms. The second kappa shape index (κ2) is 6.53. The van der Waals surface area contributed by atoms with Crippen LogP contribution in [-0.2, 0) is 0 Å². The van der Waals surface area contributed by atoms with Crippen molar-refractivity contribution >= 4 is 22.9 Å². The molecule has 3 N–H and O–H groups in total. The molecule has 1 heterocycles. The largest absolute Gasteiger partial charge is 0.321 e. The molecule has 0 bridgehead atoms. The predicted octanol–water partition coefficient (Wildman–Crippen LogP) is 2.63. The lowest BCUT2D eigenvalue weighted by molar-refractivity contribution is 0.103. The van der Waals surface area contributed by atoms with E-state index in [1.807, 2.05) is 39.0 Å². The number of thiazole rings is 1. The summed E-state index contributed by atoms with van der Waals surface area (Å²) in [6, 6.07) is 5.63. The molecule has 0 aliphatic rings. The highest BCUT2D eigenvalue weighted by Gasteiger charge is 2.14. The summed E-state index contributed by atoms with van der Waals surface area (Å²) in [6.07, 6.45) is 0. The number of nitrogens with two attached hydrogens (primary N) is 1. The van der Waals surface area contributed by atoms with Gasteiger partial charge in [-0.15, -0.1) is 11.3 Å². The van der Waals surface area contributed by atoms with E-state index in [0.717, 1.165) is 27.5 Å². The Morgan fingerprint density at radius 2 is 2.14 bits per heavy atom. The molecule has 0 fully saturated rings. The van der Waals surface area contributed by atoms with Crippen LogP contribution in [0.5, 0.6) is 0 Å². The standard InChI is InChI=1S/C16H17N3OS/c1-10-9-14(7-6-13(10)5-4-8-17)19-16(20)15-11(2)18-12(3)21-15/h6-7,9H,8,17H2,1-3H3,(H,19,20). The molecule has 0 saturated heterocycles. The van der Waals surface area contributed by atoms with E-state index in [1.165, 1.54) is 11.3 Å². The molecular weight excluding hydrogens is 282 g/mol. The molecule has 1 aromatic carbocycles. The van der Waals surface area contributed by atoms with Gasteiger partial charge in [0.15, 0.2) is 0 Å². The van der Waals surface area contributed by atoms with Gasteiger partial charge in [0.05, 0.1) is 17.2 Å². The first-order valence-electron chi connectivity index (χ1n) is 6.56. The molecule has 1 amide bonds. The maximum atomic E-state index is 12.2. The average Bonchev–Trinajstić information content (AvgIpc) is 2.77. The third-order valence-corrected chi connectivity index (χ3v) is 3.99.